The molecule has 2 aromatic heterocycles. The Balaban J connectivity index is 1.68. The van der Waals surface area contributed by atoms with Gasteiger partial charge in [0, 0.05) is 11.8 Å². The van der Waals surface area contributed by atoms with Gasteiger partial charge in [-0.25, -0.2) is 14.3 Å². The number of cyclic esters (lactones) is 1. The molecule has 1 saturated carbocycles. The summed E-state index contributed by atoms with van der Waals surface area (Å²) < 4.78 is 46.4. The molecule has 1 atom stereocenters. The fourth-order valence-electron chi connectivity index (χ4n) is 3.45. The van der Waals surface area contributed by atoms with Crippen LogP contribution in [0.25, 0.3) is 5.65 Å². The van der Waals surface area contributed by atoms with E-state index in [1.54, 1.807) is 26.8 Å². The molecule has 2 aliphatic rings. The third kappa shape index (κ3) is 3.60. The average molecular weight is 411 g/mol. The molecular formula is C18H20F3N5O3. The summed E-state index contributed by atoms with van der Waals surface area (Å²) in [5.74, 6) is -1.26. The first-order valence-corrected chi connectivity index (χ1v) is 9.20. The van der Waals surface area contributed by atoms with Crippen molar-refractivity contribution in [2.24, 2.45) is 5.92 Å². The highest BCUT2D eigenvalue weighted by Gasteiger charge is 2.50. The van der Waals surface area contributed by atoms with E-state index in [0.29, 0.717) is 18.5 Å². The van der Waals surface area contributed by atoms with E-state index in [4.69, 9.17) is 4.74 Å². The number of aromatic nitrogens is 3. The van der Waals surface area contributed by atoms with Gasteiger partial charge in [0.2, 0.25) is 0 Å². The molecule has 2 amide bonds. The van der Waals surface area contributed by atoms with Gasteiger partial charge in [-0.1, -0.05) is 0 Å². The van der Waals surface area contributed by atoms with E-state index in [2.05, 4.69) is 15.4 Å². The lowest BCUT2D eigenvalue weighted by Gasteiger charge is -2.21. The quantitative estimate of drug-likeness (QED) is 0.836. The van der Waals surface area contributed by atoms with Gasteiger partial charge in [0.05, 0.1) is 12.7 Å². The first-order valence-electron chi connectivity index (χ1n) is 9.20. The van der Waals surface area contributed by atoms with Crippen LogP contribution in [0.3, 0.4) is 0 Å². The number of ether oxygens (including phenoxy) is 1. The van der Waals surface area contributed by atoms with Crippen LogP contribution in [0.15, 0.2) is 12.3 Å². The molecule has 29 heavy (non-hydrogen) atoms. The number of anilines is 1. The number of hydrogen-bond acceptors (Lipinski definition) is 5. The van der Waals surface area contributed by atoms with Crippen molar-refractivity contribution in [2.75, 3.05) is 11.4 Å². The van der Waals surface area contributed by atoms with Crippen LogP contribution in [0.2, 0.25) is 0 Å². The predicted octanol–water partition coefficient (Wildman–Crippen LogP) is 2.84. The summed E-state index contributed by atoms with van der Waals surface area (Å²) >= 11 is 0. The Kier molecular flexibility index (Phi) is 4.25. The van der Waals surface area contributed by atoms with Crippen molar-refractivity contribution in [3.8, 4) is 0 Å². The van der Waals surface area contributed by atoms with Gasteiger partial charge in [-0.3, -0.25) is 9.69 Å². The first kappa shape index (κ1) is 19.5. The molecule has 1 aliphatic heterocycles. The van der Waals surface area contributed by atoms with Crippen molar-refractivity contribution >= 4 is 23.5 Å². The van der Waals surface area contributed by atoms with Gasteiger partial charge in [-0.15, -0.1) is 0 Å². The molecule has 0 radical (unpaired) electrons. The minimum Gasteiger partial charge on any atom is -0.441 e. The lowest BCUT2D eigenvalue weighted by atomic mass is 10.1. The number of fused-ring (bicyclic) bond motifs is 1. The van der Waals surface area contributed by atoms with Crippen LogP contribution in [-0.4, -0.2) is 51.0 Å². The minimum absolute atomic E-state index is 0.0757. The highest BCUT2D eigenvalue weighted by Crippen LogP contribution is 2.40. The fourth-order valence-corrected chi connectivity index (χ4v) is 3.45. The van der Waals surface area contributed by atoms with Gasteiger partial charge >= 0.3 is 12.3 Å². The molecule has 1 N–H and O–H groups in total. The summed E-state index contributed by atoms with van der Waals surface area (Å²) in [6, 6.07) is -0.295. The Hall–Kier alpha value is -2.85. The van der Waals surface area contributed by atoms with Crippen molar-refractivity contribution < 1.29 is 27.5 Å². The van der Waals surface area contributed by atoms with Crippen molar-refractivity contribution in [1.29, 1.82) is 0 Å². The maximum atomic E-state index is 13.3. The van der Waals surface area contributed by atoms with E-state index in [9.17, 15) is 22.8 Å². The maximum Gasteiger partial charge on any atom is 0.416 e. The highest BCUT2D eigenvalue weighted by atomic mass is 19.4. The number of amides is 2. The molecule has 11 heteroatoms. The molecule has 1 unspecified atom stereocenters. The van der Waals surface area contributed by atoms with Crippen LogP contribution in [0.5, 0.6) is 0 Å². The van der Waals surface area contributed by atoms with Crippen LogP contribution < -0.4 is 10.2 Å². The normalized spacial score (nSPS) is 20.1. The van der Waals surface area contributed by atoms with Gasteiger partial charge in [0.25, 0.3) is 5.91 Å². The standard InChI is InChI=1S/C18H20F3N5O3/c1-9-6-12(25-8-17(2,3)29-16(25)28)23-14-11(7-22-26(9)14)15(27)24-13(10-4-5-10)18(19,20)21/h6-7,10,13H,4-5,8H2,1-3H3,(H,24,27). The number of carbonyl (C=O) groups excluding carboxylic acids is 2. The van der Waals surface area contributed by atoms with Crippen molar-refractivity contribution in [3.05, 3.63) is 23.5 Å². The predicted molar refractivity (Wildman–Crippen MR) is 95.7 cm³/mol. The van der Waals surface area contributed by atoms with Crippen LogP contribution in [-0.2, 0) is 4.74 Å². The zero-order chi connectivity index (χ0) is 21.1. The molecule has 0 bridgehead atoms. The van der Waals surface area contributed by atoms with Crippen LogP contribution in [0.1, 0.15) is 42.7 Å². The van der Waals surface area contributed by atoms with E-state index < -0.39 is 35.7 Å². The molecule has 1 aliphatic carbocycles. The highest BCUT2D eigenvalue weighted by molar-refractivity contribution is 6.00. The molecule has 1 saturated heterocycles. The summed E-state index contributed by atoms with van der Waals surface area (Å²) in [6.07, 6.45) is -3.08. The monoisotopic (exact) mass is 411 g/mol. The third-order valence-electron chi connectivity index (χ3n) is 5.01. The van der Waals surface area contributed by atoms with Crippen molar-refractivity contribution in [3.63, 3.8) is 0 Å². The summed E-state index contributed by atoms with van der Waals surface area (Å²) in [4.78, 5) is 30.4. The second-order valence-electron chi connectivity index (χ2n) is 8.09. The van der Waals surface area contributed by atoms with Crippen LogP contribution in [0.4, 0.5) is 23.8 Å². The molecule has 4 rings (SSSR count). The summed E-state index contributed by atoms with van der Waals surface area (Å²) in [5.41, 5.74) is -0.150. The molecule has 2 aromatic rings. The number of rotatable bonds is 4. The summed E-state index contributed by atoms with van der Waals surface area (Å²) in [6.45, 7) is 5.45. The number of alkyl halides is 3. The molecule has 3 heterocycles. The molecule has 2 fully saturated rings. The van der Waals surface area contributed by atoms with E-state index >= 15 is 0 Å². The smallest absolute Gasteiger partial charge is 0.416 e. The molecule has 156 valence electrons. The Labute approximate surface area is 164 Å². The fraction of sp³-hybridized carbons (Fsp3) is 0.556. The molecular weight excluding hydrogens is 391 g/mol. The van der Waals surface area contributed by atoms with E-state index in [-0.39, 0.29) is 23.6 Å². The van der Waals surface area contributed by atoms with Crippen LogP contribution in [0, 0.1) is 12.8 Å². The van der Waals surface area contributed by atoms with Crippen molar-refractivity contribution in [1.82, 2.24) is 19.9 Å². The minimum atomic E-state index is -4.53. The third-order valence-corrected chi connectivity index (χ3v) is 5.01. The van der Waals surface area contributed by atoms with Gasteiger partial charge in [-0.2, -0.15) is 18.3 Å². The molecule has 0 spiro atoms. The number of nitrogens with one attached hydrogen (secondary N) is 1. The zero-order valence-electron chi connectivity index (χ0n) is 16.1. The largest absolute Gasteiger partial charge is 0.441 e. The van der Waals surface area contributed by atoms with Gasteiger partial charge in [0.15, 0.2) is 5.65 Å². The number of carbonyl (C=O) groups is 2. The van der Waals surface area contributed by atoms with Crippen molar-refractivity contribution in [2.45, 2.75) is 51.4 Å². The Bertz CT molecular complexity index is 997. The lowest BCUT2D eigenvalue weighted by Crippen LogP contribution is -2.46. The van der Waals surface area contributed by atoms with Crippen LogP contribution >= 0.6 is 0 Å². The van der Waals surface area contributed by atoms with Gasteiger partial charge < -0.3 is 10.1 Å². The summed E-state index contributed by atoms with van der Waals surface area (Å²) in [7, 11) is 0. The molecule has 0 aromatic carbocycles. The average Bonchev–Trinajstić information content (AvgIpc) is 3.26. The second kappa shape index (κ2) is 6.33. The number of halogens is 3. The second-order valence-corrected chi connectivity index (χ2v) is 8.09. The topological polar surface area (TPSA) is 88.8 Å². The maximum absolute atomic E-state index is 13.3. The van der Waals surface area contributed by atoms with E-state index in [1.165, 1.54) is 15.6 Å². The Morgan fingerprint density at radius 3 is 2.62 bits per heavy atom. The van der Waals surface area contributed by atoms with Gasteiger partial charge in [0.1, 0.15) is 23.0 Å². The zero-order valence-corrected chi connectivity index (χ0v) is 16.1. The number of aryl methyl sites for hydroxylation is 1. The number of hydrogen-bond donors (Lipinski definition) is 1. The molecule has 8 nitrogen and oxygen atoms in total. The SMILES string of the molecule is Cc1cc(N2CC(C)(C)OC2=O)nc2c(C(=O)NC(C3CC3)C(F)(F)F)cnn12. The Morgan fingerprint density at radius 2 is 2.07 bits per heavy atom. The number of nitrogens with zero attached hydrogens (tertiary/aromatic N) is 4. The van der Waals surface area contributed by atoms with E-state index in [0.717, 1.165) is 0 Å². The van der Waals surface area contributed by atoms with Gasteiger partial charge in [-0.05, 0) is 39.5 Å². The lowest BCUT2D eigenvalue weighted by molar-refractivity contribution is -0.158. The Morgan fingerprint density at radius 1 is 1.38 bits per heavy atom. The van der Waals surface area contributed by atoms with E-state index in [1.807, 2.05) is 0 Å². The summed E-state index contributed by atoms with van der Waals surface area (Å²) in [5, 5.41) is 6.14. The first-order chi connectivity index (χ1) is 13.5.